The average Bonchev–Trinajstić information content (AvgIpc) is 2.79. The molecular weight excluding hydrogens is 266 g/mol. The lowest BCUT2D eigenvalue weighted by Crippen LogP contribution is -2.25. The molecule has 19 heavy (non-hydrogen) atoms. The number of hydrogen-bond donors (Lipinski definition) is 1. The molecule has 1 saturated heterocycles. The molecule has 0 N–H and O–H groups in total. The fraction of sp³-hybridized carbons (Fsp3) is 0.333. The standard InChI is InChI=1S/C12H11N3O3S/c13-5-8-1-2-10(11(3-8)15(17)18)14-6-9(7-19)4-12(14)16/h1-3,9,19H,4,6-7H2. The van der Waals surface area contributed by atoms with Gasteiger partial charge in [0.2, 0.25) is 5.91 Å². The Morgan fingerprint density at radius 2 is 2.32 bits per heavy atom. The second-order valence-corrected chi connectivity index (χ2v) is 4.69. The molecule has 1 aliphatic rings. The smallest absolute Gasteiger partial charge is 0.294 e. The zero-order chi connectivity index (χ0) is 14.0. The quantitative estimate of drug-likeness (QED) is 0.518. The van der Waals surface area contributed by atoms with Crippen LogP contribution in [-0.4, -0.2) is 23.1 Å². The number of hydrogen-bond acceptors (Lipinski definition) is 5. The molecule has 0 radical (unpaired) electrons. The predicted molar refractivity (Wildman–Crippen MR) is 72.1 cm³/mol. The van der Waals surface area contributed by atoms with Crippen molar-refractivity contribution in [1.82, 2.24) is 0 Å². The highest BCUT2D eigenvalue weighted by atomic mass is 32.1. The summed E-state index contributed by atoms with van der Waals surface area (Å²) in [6, 6.07) is 5.97. The number of nitro groups is 1. The number of nitro benzene ring substituents is 1. The number of nitriles is 1. The Balaban J connectivity index is 2.43. The van der Waals surface area contributed by atoms with Gasteiger partial charge in [-0.25, -0.2) is 0 Å². The molecule has 1 aliphatic heterocycles. The Bertz CT molecular complexity index is 582. The summed E-state index contributed by atoms with van der Waals surface area (Å²) in [5, 5.41) is 19.8. The number of anilines is 1. The molecule has 1 aromatic rings. The lowest BCUT2D eigenvalue weighted by Gasteiger charge is -2.16. The first-order chi connectivity index (χ1) is 9.06. The van der Waals surface area contributed by atoms with E-state index < -0.39 is 4.92 Å². The van der Waals surface area contributed by atoms with Gasteiger partial charge in [-0.3, -0.25) is 14.9 Å². The van der Waals surface area contributed by atoms with Gasteiger partial charge in [-0.2, -0.15) is 17.9 Å². The molecular formula is C12H11N3O3S. The van der Waals surface area contributed by atoms with Gasteiger partial charge in [0.05, 0.1) is 16.6 Å². The first-order valence-corrected chi connectivity index (χ1v) is 6.29. The highest BCUT2D eigenvalue weighted by Crippen LogP contribution is 2.33. The van der Waals surface area contributed by atoms with Crippen LogP contribution >= 0.6 is 12.6 Å². The topological polar surface area (TPSA) is 87.2 Å². The molecule has 1 atom stereocenters. The third-order valence-electron chi connectivity index (χ3n) is 3.06. The summed E-state index contributed by atoms with van der Waals surface area (Å²) >= 11 is 4.15. The van der Waals surface area contributed by atoms with Gasteiger partial charge in [0, 0.05) is 19.0 Å². The summed E-state index contributed by atoms with van der Waals surface area (Å²) in [4.78, 5) is 23.8. The van der Waals surface area contributed by atoms with Crippen molar-refractivity contribution in [1.29, 1.82) is 5.26 Å². The van der Waals surface area contributed by atoms with E-state index in [1.165, 1.54) is 23.1 Å². The molecule has 2 rings (SSSR count). The van der Waals surface area contributed by atoms with Crippen LogP contribution in [0.15, 0.2) is 18.2 Å². The van der Waals surface area contributed by atoms with Crippen LogP contribution in [0.4, 0.5) is 11.4 Å². The molecule has 0 bridgehead atoms. The molecule has 0 saturated carbocycles. The fourth-order valence-corrected chi connectivity index (χ4v) is 2.35. The van der Waals surface area contributed by atoms with Crippen LogP contribution in [0.2, 0.25) is 0 Å². The summed E-state index contributed by atoms with van der Waals surface area (Å²) in [5.74, 6) is 0.518. The number of thiol groups is 1. The lowest BCUT2D eigenvalue weighted by atomic mass is 10.1. The highest BCUT2D eigenvalue weighted by Gasteiger charge is 2.33. The Morgan fingerprint density at radius 3 is 2.84 bits per heavy atom. The first-order valence-electron chi connectivity index (χ1n) is 5.66. The molecule has 1 heterocycles. The SMILES string of the molecule is N#Cc1ccc(N2CC(CS)CC2=O)c([N+](=O)[O-])c1. The van der Waals surface area contributed by atoms with Crippen LogP contribution in [0.25, 0.3) is 0 Å². The molecule has 0 spiro atoms. The van der Waals surface area contributed by atoms with Gasteiger partial charge in [-0.15, -0.1) is 0 Å². The summed E-state index contributed by atoms with van der Waals surface area (Å²) in [6.45, 7) is 0.426. The minimum absolute atomic E-state index is 0.103. The van der Waals surface area contributed by atoms with Crippen LogP contribution in [-0.2, 0) is 4.79 Å². The molecule has 1 unspecified atom stereocenters. The van der Waals surface area contributed by atoms with Gasteiger partial charge < -0.3 is 4.90 Å². The number of rotatable bonds is 3. The number of amides is 1. The van der Waals surface area contributed by atoms with Crippen LogP contribution in [0.3, 0.4) is 0 Å². The minimum Gasteiger partial charge on any atom is -0.306 e. The Hall–Kier alpha value is -2.07. The summed E-state index contributed by atoms with van der Waals surface area (Å²) in [6.07, 6.45) is 0.348. The van der Waals surface area contributed by atoms with Crippen molar-refractivity contribution in [3.8, 4) is 6.07 Å². The second kappa shape index (κ2) is 5.28. The van der Waals surface area contributed by atoms with Crippen LogP contribution in [0.1, 0.15) is 12.0 Å². The molecule has 1 aromatic carbocycles. The first kappa shape index (κ1) is 13.4. The van der Waals surface area contributed by atoms with E-state index in [0.29, 0.717) is 18.7 Å². The maximum atomic E-state index is 11.9. The van der Waals surface area contributed by atoms with Gasteiger partial charge >= 0.3 is 0 Å². The average molecular weight is 277 g/mol. The maximum absolute atomic E-state index is 11.9. The van der Waals surface area contributed by atoms with E-state index in [9.17, 15) is 14.9 Å². The van der Waals surface area contributed by atoms with Gasteiger partial charge in [0.15, 0.2) is 0 Å². The van der Waals surface area contributed by atoms with Gasteiger partial charge in [-0.1, -0.05) is 0 Å². The summed E-state index contributed by atoms with van der Waals surface area (Å²) in [5.41, 5.74) is 0.235. The summed E-state index contributed by atoms with van der Waals surface area (Å²) in [7, 11) is 0. The van der Waals surface area contributed by atoms with Crippen molar-refractivity contribution in [2.24, 2.45) is 5.92 Å². The zero-order valence-corrected chi connectivity index (χ0v) is 10.8. The van der Waals surface area contributed by atoms with E-state index in [2.05, 4.69) is 12.6 Å². The molecule has 1 fully saturated rings. The van der Waals surface area contributed by atoms with Gasteiger partial charge in [-0.05, 0) is 23.8 Å². The third-order valence-corrected chi connectivity index (χ3v) is 3.57. The third kappa shape index (κ3) is 2.53. The van der Waals surface area contributed by atoms with Crippen molar-refractivity contribution >= 4 is 29.9 Å². The minimum atomic E-state index is -0.572. The number of carbonyl (C=O) groups is 1. The predicted octanol–water partition coefficient (Wildman–Crippen LogP) is 1.75. The molecule has 0 aliphatic carbocycles. The molecule has 1 amide bonds. The lowest BCUT2D eigenvalue weighted by molar-refractivity contribution is -0.384. The van der Waals surface area contributed by atoms with Crippen LogP contribution in [0, 0.1) is 27.4 Å². The molecule has 98 valence electrons. The van der Waals surface area contributed by atoms with Gasteiger partial charge in [0.1, 0.15) is 5.69 Å². The molecule has 7 heteroatoms. The van der Waals surface area contributed by atoms with Crippen molar-refractivity contribution in [2.75, 3.05) is 17.2 Å². The second-order valence-electron chi connectivity index (χ2n) is 4.33. The highest BCUT2D eigenvalue weighted by molar-refractivity contribution is 7.80. The van der Waals surface area contributed by atoms with E-state index in [1.54, 1.807) is 0 Å². The van der Waals surface area contributed by atoms with Crippen molar-refractivity contribution in [3.63, 3.8) is 0 Å². The van der Waals surface area contributed by atoms with Crippen molar-refractivity contribution in [2.45, 2.75) is 6.42 Å². The number of nitrogens with zero attached hydrogens (tertiary/aromatic N) is 3. The van der Waals surface area contributed by atoms with Gasteiger partial charge in [0.25, 0.3) is 5.69 Å². The Morgan fingerprint density at radius 1 is 1.58 bits per heavy atom. The number of carbonyl (C=O) groups excluding carboxylic acids is 1. The van der Waals surface area contributed by atoms with E-state index >= 15 is 0 Å². The largest absolute Gasteiger partial charge is 0.306 e. The normalized spacial score (nSPS) is 18.4. The van der Waals surface area contributed by atoms with E-state index in [0.717, 1.165) is 0 Å². The van der Waals surface area contributed by atoms with E-state index in [-0.39, 0.29) is 28.8 Å². The van der Waals surface area contributed by atoms with E-state index in [1.807, 2.05) is 6.07 Å². The van der Waals surface area contributed by atoms with Crippen molar-refractivity contribution in [3.05, 3.63) is 33.9 Å². The molecule has 0 aromatic heterocycles. The summed E-state index contributed by atoms with van der Waals surface area (Å²) < 4.78 is 0. The Labute approximate surface area is 115 Å². The zero-order valence-electron chi connectivity index (χ0n) is 9.94. The monoisotopic (exact) mass is 277 g/mol. The fourth-order valence-electron chi connectivity index (χ4n) is 2.10. The van der Waals surface area contributed by atoms with Crippen LogP contribution < -0.4 is 4.90 Å². The maximum Gasteiger partial charge on any atom is 0.294 e. The van der Waals surface area contributed by atoms with Crippen molar-refractivity contribution < 1.29 is 9.72 Å². The number of benzene rings is 1. The van der Waals surface area contributed by atoms with Crippen LogP contribution in [0.5, 0.6) is 0 Å². The van der Waals surface area contributed by atoms with E-state index in [4.69, 9.17) is 5.26 Å². The molecule has 6 nitrogen and oxygen atoms in total. The Kier molecular flexibility index (Phi) is 3.71.